The third-order valence-electron chi connectivity index (χ3n) is 7.53. The number of nitrogens with zero attached hydrogens (tertiary/aromatic N) is 2. The molecule has 0 spiro atoms. The number of alkyl carbamates (subject to hydrolysis) is 1. The van der Waals surface area contributed by atoms with E-state index in [0.29, 0.717) is 17.5 Å². The van der Waals surface area contributed by atoms with E-state index in [-0.39, 0.29) is 12.3 Å². The monoisotopic (exact) mass is 566 g/mol. The first-order valence-corrected chi connectivity index (χ1v) is 14.0. The van der Waals surface area contributed by atoms with Crippen LogP contribution in [-0.4, -0.2) is 34.3 Å². The number of fused-ring (bicyclic) bond motifs is 2. The number of carbonyl (C=O) groups is 2. The molecule has 216 valence electrons. The first kappa shape index (κ1) is 28.7. The summed E-state index contributed by atoms with van der Waals surface area (Å²) in [5.41, 5.74) is 5.40. The molecule has 9 nitrogen and oxygen atoms in total. The van der Waals surface area contributed by atoms with Crippen molar-refractivity contribution in [1.29, 1.82) is 5.26 Å². The Hall–Kier alpha value is -4.84. The van der Waals surface area contributed by atoms with E-state index in [1.54, 1.807) is 33.9 Å². The second-order valence-corrected chi connectivity index (χ2v) is 11.7. The molecule has 2 N–H and O–H groups in total. The summed E-state index contributed by atoms with van der Waals surface area (Å²) >= 11 is 0. The van der Waals surface area contributed by atoms with Crippen LogP contribution in [0.25, 0.3) is 22.2 Å². The fraction of sp³-hybridized carbons (Fsp3) is 0.333. The van der Waals surface area contributed by atoms with Crippen molar-refractivity contribution in [3.63, 3.8) is 0 Å². The van der Waals surface area contributed by atoms with Crippen molar-refractivity contribution in [1.82, 2.24) is 15.2 Å². The lowest BCUT2D eigenvalue weighted by atomic mass is 9.92. The predicted molar refractivity (Wildman–Crippen MR) is 159 cm³/mol. The normalized spacial score (nSPS) is 15.8. The second-order valence-electron chi connectivity index (χ2n) is 11.7. The van der Waals surface area contributed by atoms with Crippen LogP contribution in [0.15, 0.2) is 75.9 Å². The van der Waals surface area contributed by atoms with E-state index in [0.717, 1.165) is 34.2 Å². The van der Waals surface area contributed by atoms with E-state index in [2.05, 4.69) is 16.7 Å². The van der Waals surface area contributed by atoms with Crippen LogP contribution in [0.1, 0.15) is 49.8 Å². The van der Waals surface area contributed by atoms with Crippen molar-refractivity contribution < 1.29 is 18.7 Å². The molecular formula is C33H34N4O5. The number of hydrogen-bond acceptors (Lipinski definition) is 6. The van der Waals surface area contributed by atoms with Crippen molar-refractivity contribution in [2.45, 2.75) is 63.6 Å². The molecule has 0 fully saturated rings. The van der Waals surface area contributed by atoms with Gasteiger partial charge in [0.1, 0.15) is 17.7 Å². The maximum atomic E-state index is 13.6. The van der Waals surface area contributed by atoms with Crippen LogP contribution in [0.3, 0.4) is 0 Å². The highest BCUT2D eigenvalue weighted by atomic mass is 16.6. The molecule has 0 aliphatic heterocycles. The third kappa shape index (κ3) is 6.23. The quantitative estimate of drug-likeness (QED) is 0.325. The van der Waals surface area contributed by atoms with Crippen LogP contribution in [0, 0.1) is 11.3 Å². The molecule has 2 amide bonds. The van der Waals surface area contributed by atoms with Gasteiger partial charge in [0.05, 0.1) is 11.6 Å². The molecule has 0 saturated heterocycles. The number of benzene rings is 3. The Balaban J connectivity index is 1.31. The Kier molecular flexibility index (Phi) is 7.90. The minimum absolute atomic E-state index is 0.237. The van der Waals surface area contributed by atoms with Crippen LogP contribution < -0.4 is 16.4 Å². The Morgan fingerprint density at radius 2 is 1.79 bits per heavy atom. The highest BCUT2D eigenvalue weighted by Crippen LogP contribution is 2.35. The minimum Gasteiger partial charge on any atom is -0.444 e. The lowest BCUT2D eigenvalue weighted by molar-refractivity contribution is -0.124. The molecule has 1 aliphatic carbocycles. The van der Waals surface area contributed by atoms with E-state index in [4.69, 9.17) is 9.15 Å². The highest BCUT2D eigenvalue weighted by Gasteiger charge is 2.37. The molecule has 3 aromatic carbocycles. The number of nitriles is 1. The summed E-state index contributed by atoms with van der Waals surface area (Å²) in [6.45, 7) is 5.30. The molecular weight excluding hydrogens is 532 g/mol. The molecule has 0 radical (unpaired) electrons. The molecule has 1 heterocycles. The fourth-order valence-corrected chi connectivity index (χ4v) is 5.49. The van der Waals surface area contributed by atoms with Gasteiger partial charge in [-0.2, -0.15) is 5.26 Å². The van der Waals surface area contributed by atoms with Crippen molar-refractivity contribution >= 4 is 23.1 Å². The number of rotatable bonds is 7. The van der Waals surface area contributed by atoms with E-state index in [9.17, 15) is 19.6 Å². The molecule has 1 aromatic heterocycles. The van der Waals surface area contributed by atoms with Gasteiger partial charge in [-0.1, -0.05) is 54.6 Å². The first-order chi connectivity index (χ1) is 20.0. The average molecular weight is 567 g/mol. The smallest absolute Gasteiger partial charge is 0.419 e. The lowest BCUT2D eigenvalue weighted by Gasteiger charge is -2.28. The van der Waals surface area contributed by atoms with Gasteiger partial charge >= 0.3 is 11.8 Å². The third-order valence-corrected chi connectivity index (χ3v) is 7.53. The summed E-state index contributed by atoms with van der Waals surface area (Å²) in [4.78, 5) is 38.2. The Bertz CT molecular complexity index is 1720. The summed E-state index contributed by atoms with van der Waals surface area (Å²) in [6.07, 6.45) is 1.12. The zero-order chi connectivity index (χ0) is 30.0. The number of aromatic nitrogens is 1. The number of nitrogens with one attached hydrogen (secondary N) is 2. The zero-order valence-electron chi connectivity index (χ0n) is 24.1. The summed E-state index contributed by atoms with van der Waals surface area (Å²) in [6, 6.07) is 21.7. The van der Waals surface area contributed by atoms with Crippen LogP contribution in [0.2, 0.25) is 0 Å². The van der Waals surface area contributed by atoms with Gasteiger partial charge in [0.2, 0.25) is 5.91 Å². The number of amides is 2. The largest absolute Gasteiger partial charge is 0.444 e. The van der Waals surface area contributed by atoms with Crippen molar-refractivity contribution in [3.05, 3.63) is 94.0 Å². The molecule has 4 aromatic rings. The summed E-state index contributed by atoms with van der Waals surface area (Å²) < 4.78 is 12.1. The van der Waals surface area contributed by atoms with Crippen LogP contribution in [-0.2, 0) is 29.4 Å². The summed E-state index contributed by atoms with van der Waals surface area (Å²) in [5.74, 6) is -1.08. The van der Waals surface area contributed by atoms with Gasteiger partial charge in [-0.15, -0.1) is 0 Å². The summed E-state index contributed by atoms with van der Waals surface area (Å²) in [5, 5.41) is 15.6. The SMILES string of the molecule is Cn1c(=O)oc2ccc(-c3ccc(C[C@@H](C#N)NC(=O)[C@@H](NC(=O)OC(C)(C)C)[C@H]4CCc5ccccc54)cc3)cc21. The highest BCUT2D eigenvalue weighted by molar-refractivity contribution is 5.87. The lowest BCUT2D eigenvalue weighted by Crippen LogP contribution is -2.53. The molecule has 0 unspecified atom stereocenters. The predicted octanol–water partition coefficient (Wildman–Crippen LogP) is 4.97. The Morgan fingerprint density at radius 3 is 2.50 bits per heavy atom. The van der Waals surface area contributed by atoms with Crippen LogP contribution in [0.5, 0.6) is 0 Å². The summed E-state index contributed by atoms with van der Waals surface area (Å²) in [7, 11) is 1.66. The van der Waals surface area contributed by atoms with Crippen molar-refractivity contribution in [3.8, 4) is 17.2 Å². The number of hydrogen-bond donors (Lipinski definition) is 2. The van der Waals surface area contributed by atoms with Crippen molar-refractivity contribution in [2.24, 2.45) is 7.05 Å². The van der Waals surface area contributed by atoms with E-state index in [1.165, 1.54) is 4.57 Å². The van der Waals surface area contributed by atoms with Gasteiger partial charge in [-0.3, -0.25) is 9.36 Å². The fourth-order valence-electron chi connectivity index (χ4n) is 5.49. The van der Waals surface area contributed by atoms with Gasteiger partial charge in [0.15, 0.2) is 5.58 Å². The average Bonchev–Trinajstić information content (AvgIpc) is 3.50. The van der Waals surface area contributed by atoms with E-state index in [1.807, 2.05) is 60.7 Å². The molecule has 0 bridgehead atoms. The van der Waals surface area contributed by atoms with Crippen LogP contribution in [0.4, 0.5) is 4.79 Å². The number of carbonyl (C=O) groups excluding carboxylic acids is 2. The van der Waals surface area contributed by atoms with Gasteiger partial charge in [0.25, 0.3) is 0 Å². The maximum absolute atomic E-state index is 13.6. The molecule has 1 aliphatic rings. The van der Waals surface area contributed by atoms with Gasteiger partial charge in [-0.05, 0) is 73.6 Å². The van der Waals surface area contributed by atoms with Gasteiger partial charge in [-0.25, -0.2) is 9.59 Å². The molecule has 9 heteroatoms. The zero-order valence-corrected chi connectivity index (χ0v) is 24.1. The standard InChI is InChI=1S/C33H34N4O5/c1-33(2,3)42-31(39)36-29(26-15-13-22-7-5-6-8-25(22)26)30(38)35-24(19-34)17-20-9-11-21(12-10-20)23-14-16-28-27(18-23)37(4)32(40)41-28/h5-12,14,16,18,24,26,29H,13,15,17H2,1-4H3,(H,35,38)(H,36,39)/t24-,26-,29-/m0/s1. The van der Waals surface area contributed by atoms with Gasteiger partial charge < -0.3 is 19.8 Å². The van der Waals surface area contributed by atoms with E-state index >= 15 is 0 Å². The molecule has 3 atom stereocenters. The number of oxazole rings is 1. The second kappa shape index (κ2) is 11.6. The molecule has 0 saturated carbocycles. The number of aryl methyl sites for hydroxylation is 2. The van der Waals surface area contributed by atoms with Crippen molar-refractivity contribution in [2.75, 3.05) is 0 Å². The minimum atomic E-state index is -0.893. The Labute approximate surface area is 244 Å². The first-order valence-electron chi connectivity index (χ1n) is 14.0. The maximum Gasteiger partial charge on any atom is 0.419 e. The van der Waals surface area contributed by atoms with E-state index < -0.39 is 35.4 Å². The molecule has 5 rings (SSSR count). The Morgan fingerprint density at radius 1 is 1.07 bits per heavy atom. The van der Waals surface area contributed by atoms with Crippen LogP contribution >= 0.6 is 0 Å². The van der Waals surface area contributed by atoms with Gasteiger partial charge in [0, 0.05) is 19.4 Å². The topological polar surface area (TPSA) is 126 Å². The number of ether oxygens (including phenoxy) is 1. The molecule has 42 heavy (non-hydrogen) atoms.